The minimum absolute atomic E-state index is 0.961. The number of hydrogen-bond acceptors (Lipinski definition) is 1. The molecule has 0 amide bonds. The summed E-state index contributed by atoms with van der Waals surface area (Å²) < 4.78 is 5.09. The summed E-state index contributed by atoms with van der Waals surface area (Å²) in [6.45, 7) is 6.21. The first-order chi connectivity index (χ1) is 4.70. The van der Waals surface area contributed by atoms with E-state index in [-0.39, 0.29) is 0 Å². The van der Waals surface area contributed by atoms with Gasteiger partial charge in [-0.3, -0.25) is 0 Å². The molecule has 0 unspecified atom stereocenters. The second-order valence-corrected chi connectivity index (χ2v) is 2.44. The van der Waals surface area contributed by atoms with Crippen LogP contribution in [0.15, 0.2) is 23.5 Å². The first kappa shape index (κ1) is 9.28. The Morgan fingerprint density at radius 3 is 2.30 bits per heavy atom. The van der Waals surface area contributed by atoms with E-state index in [0.29, 0.717) is 0 Å². The van der Waals surface area contributed by atoms with Crippen molar-refractivity contribution in [2.45, 2.75) is 27.2 Å². The zero-order valence-corrected chi connectivity index (χ0v) is 7.27. The lowest BCUT2D eigenvalue weighted by molar-refractivity contribution is 0.305. The van der Waals surface area contributed by atoms with E-state index in [1.165, 1.54) is 5.57 Å². The van der Waals surface area contributed by atoms with Crippen LogP contribution in [0.4, 0.5) is 0 Å². The summed E-state index contributed by atoms with van der Waals surface area (Å²) in [4.78, 5) is 0. The molecule has 1 nitrogen and oxygen atoms in total. The SMILES string of the molecule is CC/C=C(\C=C(C)C)OC. The van der Waals surface area contributed by atoms with Gasteiger partial charge in [-0.05, 0) is 32.4 Å². The van der Waals surface area contributed by atoms with Gasteiger partial charge in [0.1, 0.15) is 5.76 Å². The molecule has 0 N–H and O–H groups in total. The Morgan fingerprint density at radius 1 is 1.40 bits per heavy atom. The van der Waals surface area contributed by atoms with E-state index in [1.54, 1.807) is 7.11 Å². The molecular formula is C9H16O. The van der Waals surface area contributed by atoms with E-state index in [2.05, 4.69) is 26.8 Å². The Hall–Kier alpha value is -0.720. The highest BCUT2D eigenvalue weighted by atomic mass is 16.5. The first-order valence-corrected chi connectivity index (χ1v) is 3.59. The maximum Gasteiger partial charge on any atom is 0.114 e. The van der Waals surface area contributed by atoms with Crippen LogP contribution in [0.3, 0.4) is 0 Å². The Balaban J connectivity index is 4.09. The maximum absolute atomic E-state index is 5.09. The molecule has 0 aromatic heterocycles. The number of methoxy groups -OCH3 is 1. The monoisotopic (exact) mass is 140 g/mol. The van der Waals surface area contributed by atoms with Crippen molar-refractivity contribution in [2.75, 3.05) is 7.11 Å². The molecule has 0 bridgehead atoms. The highest BCUT2D eigenvalue weighted by Gasteiger charge is 1.86. The third kappa shape index (κ3) is 4.19. The molecule has 0 heterocycles. The Labute approximate surface area is 63.4 Å². The van der Waals surface area contributed by atoms with E-state index < -0.39 is 0 Å². The molecule has 0 aliphatic heterocycles. The third-order valence-corrected chi connectivity index (χ3v) is 1.07. The van der Waals surface area contributed by atoms with Crippen LogP contribution in [-0.2, 0) is 4.74 Å². The van der Waals surface area contributed by atoms with Crippen LogP contribution in [0.25, 0.3) is 0 Å². The molecule has 0 saturated heterocycles. The van der Waals surface area contributed by atoms with Gasteiger partial charge in [-0.2, -0.15) is 0 Å². The summed E-state index contributed by atoms with van der Waals surface area (Å²) in [5.41, 5.74) is 1.27. The van der Waals surface area contributed by atoms with E-state index in [1.807, 2.05) is 6.08 Å². The lowest BCUT2D eigenvalue weighted by Gasteiger charge is -1.99. The number of ether oxygens (including phenoxy) is 1. The van der Waals surface area contributed by atoms with Crippen molar-refractivity contribution >= 4 is 0 Å². The van der Waals surface area contributed by atoms with Gasteiger partial charge in [0.15, 0.2) is 0 Å². The highest BCUT2D eigenvalue weighted by Crippen LogP contribution is 2.03. The van der Waals surface area contributed by atoms with Gasteiger partial charge in [0.2, 0.25) is 0 Å². The van der Waals surface area contributed by atoms with Gasteiger partial charge < -0.3 is 4.74 Å². The van der Waals surface area contributed by atoms with Crippen molar-refractivity contribution < 1.29 is 4.74 Å². The van der Waals surface area contributed by atoms with Crippen molar-refractivity contribution in [3.05, 3.63) is 23.5 Å². The molecule has 0 aliphatic rings. The molecule has 0 aromatic rings. The zero-order valence-electron chi connectivity index (χ0n) is 7.27. The average Bonchev–Trinajstić information content (AvgIpc) is 1.86. The van der Waals surface area contributed by atoms with Crippen LogP contribution in [0.1, 0.15) is 27.2 Å². The molecular weight excluding hydrogens is 124 g/mol. The summed E-state index contributed by atoms with van der Waals surface area (Å²) in [6.07, 6.45) is 5.11. The predicted octanol–water partition coefficient (Wildman–Crippen LogP) is 2.89. The van der Waals surface area contributed by atoms with Crippen LogP contribution in [0.5, 0.6) is 0 Å². The fourth-order valence-electron chi connectivity index (χ4n) is 0.687. The van der Waals surface area contributed by atoms with Gasteiger partial charge in [-0.1, -0.05) is 12.5 Å². The van der Waals surface area contributed by atoms with Gasteiger partial charge in [-0.15, -0.1) is 0 Å². The molecule has 58 valence electrons. The smallest absolute Gasteiger partial charge is 0.114 e. The van der Waals surface area contributed by atoms with Crippen molar-refractivity contribution in [2.24, 2.45) is 0 Å². The minimum atomic E-state index is 0.961. The Bertz CT molecular complexity index is 139. The molecule has 0 atom stereocenters. The van der Waals surface area contributed by atoms with Gasteiger partial charge in [-0.25, -0.2) is 0 Å². The molecule has 1 heteroatoms. The molecule has 0 fully saturated rings. The average molecular weight is 140 g/mol. The van der Waals surface area contributed by atoms with Crippen LogP contribution >= 0.6 is 0 Å². The van der Waals surface area contributed by atoms with Crippen LogP contribution in [-0.4, -0.2) is 7.11 Å². The predicted molar refractivity (Wildman–Crippen MR) is 44.8 cm³/mol. The number of rotatable bonds is 3. The summed E-state index contributed by atoms with van der Waals surface area (Å²) in [5.74, 6) is 0.961. The molecule has 10 heavy (non-hydrogen) atoms. The number of allylic oxidation sites excluding steroid dienone is 3. The fourth-order valence-corrected chi connectivity index (χ4v) is 0.687. The Kier molecular flexibility index (Phi) is 4.73. The first-order valence-electron chi connectivity index (χ1n) is 3.59. The quantitative estimate of drug-likeness (QED) is 0.432. The standard InChI is InChI=1S/C9H16O/c1-5-6-9(10-4)7-8(2)3/h6-7H,5H2,1-4H3/b9-6+. The van der Waals surface area contributed by atoms with Crippen molar-refractivity contribution in [3.8, 4) is 0 Å². The van der Waals surface area contributed by atoms with Crippen LogP contribution in [0, 0.1) is 0 Å². The van der Waals surface area contributed by atoms with E-state index in [4.69, 9.17) is 4.74 Å². The van der Waals surface area contributed by atoms with Gasteiger partial charge in [0, 0.05) is 0 Å². The van der Waals surface area contributed by atoms with Gasteiger partial charge in [0.25, 0.3) is 0 Å². The van der Waals surface area contributed by atoms with Gasteiger partial charge in [0.05, 0.1) is 7.11 Å². The van der Waals surface area contributed by atoms with Crippen LogP contribution in [0.2, 0.25) is 0 Å². The lowest BCUT2D eigenvalue weighted by atomic mass is 10.2. The maximum atomic E-state index is 5.09. The molecule has 0 rings (SSSR count). The van der Waals surface area contributed by atoms with E-state index >= 15 is 0 Å². The summed E-state index contributed by atoms with van der Waals surface area (Å²) in [7, 11) is 1.70. The molecule has 0 radical (unpaired) electrons. The Morgan fingerprint density at radius 2 is 2.00 bits per heavy atom. The van der Waals surface area contributed by atoms with Crippen LogP contribution < -0.4 is 0 Å². The largest absolute Gasteiger partial charge is 0.497 e. The summed E-state index contributed by atoms with van der Waals surface area (Å²) >= 11 is 0. The second kappa shape index (κ2) is 5.10. The minimum Gasteiger partial charge on any atom is -0.497 e. The van der Waals surface area contributed by atoms with Gasteiger partial charge >= 0.3 is 0 Å². The fraction of sp³-hybridized carbons (Fsp3) is 0.556. The van der Waals surface area contributed by atoms with Crippen molar-refractivity contribution in [1.29, 1.82) is 0 Å². The van der Waals surface area contributed by atoms with Crippen molar-refractivity contribution in [3.63, 3.8) is 0 Å². The second-order valence-electron chi connectivity index (χ2n) is 2.44. The zero-order chi connectivity index (χ0) is 7.98. The van der Waals surface area contributed by atoms with E-state index in [0.717, 1.165) is 12.2 Å². The molecule has 0 aromatic carbocycles. The topological polar surface area (TPSA) is 9.23 Å². The summed E-state index contributed by atoms with van der Waals surface area (Å²) in [5, 5.41) is 0. The molecule has 0 aliphatic carbocycles. The van der Waals surface area contributed by atoms with Crippen molar-refractivity contribution in [1.82, 2.24) is 0 Å². The highest BCUT2D eigenvalue weighted by molar-refractivity contribution is 5.15. The normalized spacial score (nSPS) is 11.0. The number of hydrogen-bond donors (Lipinski definition) is 0. The molecule has 0 spiro atoms. The lowest BCUT2D eigenvalue weighted by Crippen LogP contribution is -1.81. The third-order valence-electron chi connectivity index (χ3n) is 1.07. The summed E-state index contributed by atoms with van der Waals surface area (Å²) in [6, 6.07) is 0. The molecule has 0 saturated carbocycles. The van der Waals surface area contributed by atoms with E-state index in [9.17, 15) is 0 Å².